The molecule has 0 aliphatic heterocycles. The van der Waals surface area contributed by atoms with Crippen molar-refractivity contribution in [1.82, 2.24) is 0 Å². The molecule has 0 aromatic heterocycles. The van der Waals surface area contributed by atoms with Gasteiger partial charge in [-0.1, -0.05) is 72.9 Å². The monoisotopic (exact) mass is 328 g/mol. The summed E-state index contributed by atoms with van der Waals surface area (Å²) in [4.78, 5) is 0. The van der Waals surface area contributed by atoms with Gasteiger partial charge in [-0.15, -0.1) is 11.6 Å². The third-order valence-corrected chi connectivity index (χ3v) is 3.65. The van der Waals surface area contributed by atoms with Gasteiger partial charge in [0.2, 0.25) is 0 Å². The smallest absolute Gasteiger partial charge is 0.193 e. The first-order valence-electron chi connectivity index (χ1n) is 5.63. The van der Waals surface area contributed by atoms with Gasteiger partial charge in [-0.25, -0.2) is 0 Å². The van der Waals surface area contributed by atoms with Gasteiger partial charge < -0.3 is 5.11 Å². The summed E-state index contributed by atoms with van der Waals surface area (Å²) in [5, 5.41) is 10.5. The van der Waals surface area contributed by atoms with E-state index in [1.807, 2.05) is 18.2 Å². The van der Waals surface area contributed by atoms with Crippen LogP contribution in [0, 0.1) is 0 Å². The molecule has 1 aromatic rings. The lowest BCUT2D eigenvalue weighted by Gasteiger charge is -2.30. The Hall–Kier alpha value is 0.340. The third-order valence-electron chi connectivity index (χ3n) is 2.80. The molecule has 0 bridgehead atoms. The van der Waals surface area contributed by atoms with Gasteiger partial charge in [0.05, 0.1) is 5.88 Å². The van der Waals surface area contributed by atoms with Crippen LogP contribution in [-0.2, 0) is 5.60 Å². The maximum absolute atomic E-state index is 10.5. The molecule has 102 valence electrons. The SMILES string of the molecule is CC(C)c1cccc(C(O)(CCl)CC(Cl)(Cl)Cl)c1. The first-order valence-corrected chi connectivity index (χ1v) is 7.30. The highest BCUT2D eigenvalue weighted by molar-refractivity contribution is 6.67. The molecular weight excluding hydrogens is 314 g/mol. The van der Waals surface area contributed by atoms with E-state index < -0.39 is 9.39 Å². The molecule has 1 nitrogen and oxygen atoms in total. The topological polar surface area (TPSA) is 20.2 Å². The highest BCUT2D eigenvalue weighted by Gasteiger charge is 2.37. The molecule has 0 saturated carbocycles. The zero-order valence-electron chi connectivity index (χ0n) is 10.3. The normalized spacial score (nSPS) is 15.8. The third kappa shape index (κ3) is 4.47. The van der Waals surface area contributed by atoms with Crippen molar-refractivity contribution in [2.45, 2.75) is 35.6 Å². The molecule has 0 spiro atoms. The van der Waals surface area contributed by atoms with Crippen LogP contribution in [0.1, 0.15) is 37.3 Å². The van der Waals surface area contributed by atoms with Crippen LogP contribution in [0.15, 0.2) is 24.3 Å². The van der Waals surface area contributed by atoms with Crippen LogP contribution in [0.25, 0.3) is 0 Å². The predicted octanol–water partition coefficient (Wildman–Crippen LogP) is 5.00. The maximum atomic E-state index is 10.5. The molecule has 1 unspecified atom stereocenters. The average Bonchev–Trinajstić information content (AvgIpc) is 2.27. The van der Waals surface area contributed by atoms with Crippen LogP contribution in [0.4, 0.5) is 0 Å². The van der Waals surface area contributed by atoms with Crippen LogP contribution < -0.4 is 0 Å². The molecule has 0 radical (unpaired) electrons. The Labute approximate surface area is 128 Å². The maximum Gasteiger partial charge on any atom is 0.193 e. The Kier molecular flexibility index (Phi) is 5.64. The summed E-state index contributed by atoms with van der Waals surface area (Å²) in [6, 6.07) is 7.58. The molecular formula is C13H16Cl4O. The number of alkyl halides is 4. The highest BCUT2D eigenvalue weighted by Crippen LogP contribution is 2.40. The van der Waals surface area contributed by atoms with Crippen molar-refractivity contribution in [3.05, 3.63) is 35.4 Å². The summed E-state index contributed by atoms with van der Waals surface area (Å²) >= 11 is 23.1. The summed E-state index contributed by atoms with van der Waals surface area (Å²) in [5.41, 5.74) is 0.452. The molecule has 1 atom stereocenters. The second-order valence-electron chi connectivity index (χ2n) is 4.74. The number of aliphatic hydroxyl groups is 1. The van der Waals surface area contributed by atoms with E-state index in [4.69, 9.17) is 46.4 Å². The Balaban J connectivity index is 3.11. The standard InChI is InChI=1S/C13H16Cl4O/c1-9(2)10-4-3-5-11(6-10)12(18,8-14)7-13(15,16)17/h3-6,9,18H,7-8H2,1-2H3. The summed E-state index contributed by atoms with van der Waals surface area (Å²) in [7, 11) is 0. The highest BCUT2D eigenvalue weighted by atomic mass is 35.6. The largest absolute Gasteiger partial charge is 0.384 e. The number of halogens is 4. The molecule has 18 heavy (non-hydrogen) atoms. The van der Waals surface area contributed by atoms with Crippen LogP contribution in [-0.4, -0.2) is 14.8 Å². The molecule has 0 amide bonds. The zero-order chi connectivity index (χ0) is 14.0. The Bertz CT molecular complexity index is 400. The quantitative estimate of drug-likeness (QED) is 0.771. The Morgan fingerprint density at radius 1 is 1.22 bits per heavy atom. The van der Waals surface area contributed by atoms with E-state index in [0.717, 1.165) is 5.56 Å². The van der Waals surface area contributed by atoms with Gasteiger partial charge in [0.1, 0.15) is 5.60 Å². The number of hydrogen-bond donors (Lipinski definition) is 1. The lowest BCUT2D eigenvalue weighted by atomic mass is 9.89. The molecule has 0 aliphatic carbocycles. The summed E-state index contributed by atoms with van der Waals surface area (Å²) < 4.78 is -1.54. The molecule has 0 fully saturated rings. The molecule has 1 aromatic carbocycles. The van der Waals surface area contributed by atoms with Gasteiger partial charge in [-0.2, -0.15) is 0 Å². The zero-order valence-corrected chi connectivity index (χ0v) is 13.3. The second-order valence-corrected chi connectivity index (χ2v) is 7.52. The minimum Gasteiger partial charge on any atom is -0.384 e. The van der Waals surface area contributed by atoms with Crippen molar-refractivity contribution in [2.24, 2.45) is 0 Å². The lowest BCUT2D eigenvalue weighted by molar-refractivity contribution is 0.0528. The van der Waals surface area contributed by atoms with Crippen molar-refractivity contribution in [1.29, 1.82) is 0 Å². The summed E-state index contributed by atoms with van der Waals surface area (Å²) in [6.07, 6.45) is -0.0459. The molecule has 5 heteroatoms. The van der Waals surface area contributed by atoms with Crippen LogP contribution in [0.2, 0.25) is 0 Å². The predicted molar refractivity (Wildman–Crippen MR) is 80.1 cm³/mol. The molecule has 1 N–H and O–H groups in total. The van der Waals surface area contributed by atoms with E-state index >= 15 is 0 Å². The van der Waals surface area contributed by atoms with E-state index in [2.05, 4.69) is 13.8 Å². The minimum absolute atomic E-state index is 0.0253. The van der Waals surface area contributed by atoms with Gasteiger partial charge in [0.25, 0.3) is 0 Å². The number of benzene rings is 1. The minimum atomic E-state index is -1.54. The summed E-state index contributed by atoms with van der Waals surface area (Å²) in [6.45, 7) is 4.15. The first-order chi connectivity index (χ1) is 8.18. The molecule has 0 aliphatic rings. The van der Waals surface area contributed by atoms with Gasteiger partial charge in [0, 0.05) is 6.42 Å². The lowest BCUT2D eigenvalue weighted by Crippen LogP contribution is -2.33. The molecule has 0 heterocycles. The van der Waals surface area contributed by atoms with Crippen LogP contribution >= 0.6 is 46.4 Å². The van der Waals surface area contributed by atoms with E-state index in [1.165, 1.54) is 0 Å². The van der Waals surface area contributed by atoms with E-state index in [0.29, 0.717) is 11.5 Å². The fraction of sp³-hybridized carbons (Fsp3) is 0.538. The number of hydrogen-bond acceptors (Lipinski definition) is 1. The van der Waals surface area contributed by atoms with Crippen LogP contribution in [0.5, 0.6) is 0 Å². The molecule has 1 rings (SSSR count). The first kappa shape index (κ1) is 16.4. The van der Waals surface area contributed by atoms with Gasteiger partial charge >= 0.3 is 0 Å². The van der Waals surface area contributed by atoms with E-state index in [-0.39, 0.29) is 12.3 Å². The van der Waals surface area contributed by atoms with Gasteiger partial charge in [-0.3, -0.25) is 0 Å². The van der Waals surface area contributed by atoms with Crippen molar-refractivity contribution in [3.63, 3.8) is 0 Å². The summed E-state index contributed by atoms with van der Waals surface area (Å²) in [5.74, 6) is 0.333. The van der Waals surface area contributed by atoms with Crippen molar-refractivity contribution < 1.29 is 5.11 Å². The number of rotatable bonds is 4. The average molecular weight is 330 g/mol. The Morgan fingerprint density at radius 3 is 2.28 bits per heavy atom. The Morgan fingerprint density at radius 2 is 1.83 bits per heavy atom. The van der Waals surface area contributed by atoms with Crippen molar-refractivity contribution in [3.8, 4) is 0 Å². The van der Waals surface area contributed by atoms with Crippen molar-refractivity contribution >= 4 is 46.4 Å². The fourth-order valence-corrected chi connectivity index (χ4v) is 2.66. The van der Waals surface area contributed by atoms with E-state index in [9.17, 15) is 5.11 Å². The van der Waals surface area contributed by atoms with E-state index in [1.54, 1.807) is 6.07 Å². The second kappa shape index (κ2) is 6.19. The van der Waals surface area contributed by atoms with Gasteiger partial charge in [-0.05, 0) is 17.0 Å². The fourth-order valence-electron chi connectivity index (χ4n) is 1.75. The van der Waals surface area contributed by atoms with Crippen molar-refractivity contribution in [2.75, 3.05) is 5.88 Å². The van der Waals surface area contributed by atoms with Gasteiger partial charge in [0.15, 0.2) is 3.79 Å². The van der Waals surface area contributed by atoms with Crippen LogP contribution in [0.3, 0.4) is 0 Å². The molecule has 0 saturated heterocycles.